The third-order valence-corrected chi connectivity index (χ3v) is 1.98. The van der Waals surface area contributed by atoms with E-state index in [1.807, 2.05) is 0 Å². The van der Waals surface area contributed by atoms with Crippen LogP contribution in [0.2, 0.25) is 0 Å². The second kappa shape index (κ2) is 3.08. The molecular formula is C8H8N4O2. The number of hydrogen-bond acceptors (Lipinski definition) is 4. The summed E-state index contributed by atoms with van der Waals surface area (Å²) in [5.41, 5.74) is 6.61. The number of carbonyl (C=O) groups is 1. The van der Waals surface area contributed by atoms with E-state index in [0.29, 0.717) is 11.1 Å². The van der Waals surface area contributed by atoms with Gasteiger partial charge in [0.15, 0.2) is 0 Å². The first-order valence-electron chi connectivity index (χ1n) is 3.96. The minimum atomic E-state index is -1.07. The van der Waals surface area contributed by atoms with Crippen LogP contribution in [0.4, 0.5) is 0 Å². The lowest BCUT2D eigenvalue weighted by Gasteiger charge is -2.03. The van der Waals surface area contributed by atoms with Crippen LogP contribution >= 0.6 is 0 Å². The highest BCUT2D eigenvalue weighted by molar-refractivity contribution is 5.78. The molecule has 0 amide bonds. The Bertz CT molecular complexity index is 479. The maximum absolute atomic E-state index is 10.7. The zero-order chi connectivity index (χ0) is 10.1. The SMILES string of the molecule is NC(C(=O)O)c1ccn2ncncc12. The Kier molecular flexibility index (Phi) is 1.90. The van der Waals surface area contributed by atoms with Gasteiger partial charge in [-0.05, 0) is 6.07 Å². The van der Waals surface area contributed by atoms with E-state index in [4.69, 9.17) is 10.8 Å². The van der Waals surface area contributed by atoms with Crippen molar-refractivity contribution in [1.82, 2.24) is 14.6 Å². The Morgan fingerprint density at radius 3 is 3.14 bits per heavy atom. The van der Waals surface area contributed by atoms with Gasteiger partial charge in [-0.2, -0.15) is 5.10 Å². The van der Waals surface area contributed by atoms with Crippen LogP contribution in [0.25, 0.3) is 5.52 Å². The van der Waals surface area contributed by atoms with Crippen molar-refractivity contribution in [2.24, 2.45) is 5.73 Å². The van der Waals surface area contributed by atoms with Crippen LogP contribution in [0.15, 0.2) is 24.8 Å². The predicted molar refractivity (Wildman–Crippen MR) is 47.6 cm³/mol. The minimum Gasteiger partial charge on any atom is -0.480 e. The van der Waals surface area contributed by atoms with Crippen molar-refractivity contribution in [2.75, 3.05) is 0 Å². The van der Waals surface area contributed by atoms with Gasteiger partial charge in [-0.3, -0.25) is 4.79 Å². The molecule has 1 atom stereocenters. The van der Waals surface area contributed by atoms with Crippen LogP contribution in [0, 0.1) is 0 Å². The standard InChI is InChI=1S/C8H8N4O2/c9-7(8(13)14)5-1-2-12-6(5)3-10-4-11-12/h1-4,7H,9H2,(H,13,14). The molecule has 0 aliphatic carbocycles. The zero-order valence-electron chi connectivity index (χ0n) is 7.16. The van der Waals surface area contributed by atoms with Crippen LogP contribution in [0.1, 0.15) is 11.6 Å². The number of rotatable bonds is 2. The predicted octanol–water partition coefficient (Wildman–Crippen LogP) is -0.186. The molecule has 6 nitrogen and oxygen atoms in total. The fraction of sp³-hybridized carbons (Fsp3) is 0.125. The van der Waals surface area contributed by atoms with Crippen molar-refractivity contribution >= 4 is 11.5 Å². The van der Waals surface area contributed by atoms with Crippen LogP contribution < -0.4 is 5.73 Å². The van der Waals surface area contributed by atoms with Crippen molar-refractivity contribution in [3.05, 3.63) is 30.4 Å². The largest absolute Gasteiger partial charge is 0.480 e. The Labute approximate surface area is 79.0 Å². The highest BCUT2D eigenvalue weighted by Gasteiger charge is 2.17. The molecule has 0 saturated carbocycles. The van der Waals surface area contributed by atoms with Crippen molar-refractivity contribution in [1.29, 1.82) is 0 Å². The first-order chi connectivity index (χ1) is 6.70. The molecule has 3 N–H and O–H groups in total. The topological polar surface area (TPSA) is 93.5 Å². The normalized spacial score (nSPS) is 12.9. The Morgan fingerprint density at radius 1 is 1.64 bits per heavy atom. The lowest BCUT2D eigenvalue weighted by Crippen LogP contribution is -2.20. The van der Waals surface area contributed by atoms with Crippen LogP contribution in [0.3, 0.4) is 0 Å². The van der Waals surface area contributed by atoms with Gasteiger partial charge in [0.25, 0.3) is 0 Å². The molecule has 0 spiro atoms. The van der Waals surface area contributed by atoms with E-state index in [1.165, 1.54) is 17.0 Å². The number of fused-ring (bicyclic) bond motifs is 1. The molecule has 2 aromatic heterocycles. The first kappa shape index (κ1) is 8.64. The fourth-order valence-corrected chi connectivity index (χ4v) is 1.27. The van der Waals surface area contributed by atoms with E-state index in [0.717, 1.165) is 0 Å². The Morgan fingerprint density at radius 2 is 2.43 bits per heavy atom. The molecule has 14 heavy (non-hydrogen) atoms. The van der Waals surface area contributed by atoms with Gasteiger partial charge < -0.3 is 10.8 Å². The molecule has 2 heterocycles. The maximum Gasteiger partial charge on any atom is 0.325 e. The third kappa shape index (κ3) is 1.21. The molecule has 6 heteroatoms. The molecule has 0 aliphatic heterocycles. The Balaban J connectivity index is 2.58. The molecule has 72 valence electrons. The molecule has 2 rings (SSSR count). The molecule has 0 aromatic carbocycles. The summed E-state index contributed by atoms with van der Waals surface area (Å²) in [4.78, 5) is 14.5. The maximum atomic E-state index is 10.7. The summed E-state index contributed by atoms with van der Waals surface area (Å²) in [6.45, 7) is 0. The summed E-state index contributed by atoms with van der Waals surface area (Å²) in [5.74, 6) is -1.07. The smallest absolute Gasteiger partial charge is 0.325 e. The molecule has 0 bridgehead atoms. The number of hydrogen-bond donors (Lipinski definition) is 2. The van der Waals surface area contributed by atoms with Crippen LogP contribution in [-0.2, 0) is 4.79 Å². The average Bonchev–Trinajstić information content (AvgIpc) is 2.60. The number of nitrogens with two attached hydrogens (primary N) is 1. The third-order valence-electron chi connectivity index (χ3n) is 1.98. The lowest BCUT2D eigenvalue weighted by atomic mass is 10.1. The van der Waals surface area contributed by atoms with Crippen molar-refractivity contribution in [3.63, 3.8) is 0 Å². The van der Waals surface area contributed by atoms with E-state index in [9.17, 15) is 4.79 Å². The van der Waals surface area contributed by atoms with Gasteiger partial charge in [0.05, 0.1) is 11.7 Å². The summed E-state index contributed by atoms with van der Waals surface area (Å²) in [5, 5.41) is 12.6. The van der Waals surface area contributed by atoms with Gasteiger partial charge in [-0.25, -0.2) is 9.50 Å². The number of aromatic nitrogens is 3. The second-order valence-corrected chi connectivity index (χ2v) is 2.83. The molecule has 0 fully saturated rings. The van der Waals surface area contributed by atoms with Crippen LogP contribution in [-0.4, -0.2) is 25.7 Å². The molecule has 0 aliphatic rings. The van der Waals surface area contributed by atoms with Gasteiger partial charge in [-0.1, -0.05) is 0 Å². The minimum absolute atomic E-state index is 0.512. The summed E-state index contributed by atoms with van der Waals surface area (Å²) in [6, 6.07) is 0.592. The van der Waals surface area contributed by atoms with Gasteiger partial charge >= 0.3 is 5.97 Å². The molecule has 1 unspecified atom stereocenters. The number of carboxylic acids is 1. The molecule has 2 aromatic rings. The van der Waals surface area contributed by atoms with E-state index in [-0.39, 0.29) is 0 Å². The molecular weight excluding hydrogens is 184 g/mol. The van der Waals surface area contributed by atoms with E-state index in [1.54, 1.807) is 12.3 Å². The van der Waals surface area contributed by atoms with E-state index >= 15 is 0 Å². The number of carboxylic acid groups (broad SMARTS) is 1. The lowest BCUT2D eigenvalue weighted by molar-refractivity contribution is -0.138. The number of nitrogens with zero attached hydrogens (tertiary/aromatic N) is 3. The summed E-state index contributed by atoms with van der Waals surface area (Å²) >= 11 is 0. The van der Waals surface area contributed by atoms with Gasteiger partial charge in [0.2, 0.25) is 0 Å². The van der Waals surface area contributed by atoms with Gasteiger partial charge in [0, 0.05) is 11.8 Å². The monoisotopic (exact) mass is 192 g/mol. The first-order valence-corrected chi connectivity index (χ1v) is 3.96. The summed E-state index contributed by atoms with van der Waals surface area (Å²) in [6.07, 6.45) is 4.56. The van der Waals surface area contributed by atoms with Crippen molar-refractivity contribution < 1.29 is 9.90 Å². The van der Waals surface area contributed by atoms with Gasteiger partial charge in [0.1, 0.15) is 12.4 Å². The zero-order valence-corrected chi connectivity index (χ0v) is 7.16. The van der Waals surface area contributed by atoms with E-state index < -0.39 is 12.0 Å². The Hall–Kier alpha value is -1.95. The quantitative estimate of drug-likeness (QED) is 0.688. The highest BCUT2D eigenvalue weighted by Crippen LogP contribution is 2.16. The highest BCUT2D eigenvalue weighted by atomic mass is 16.4. The molecule has 0 saturated heterocycles. The summed E-state index contributed by atoms with van der Waals surface area (Å²) < 4.78 is 1.53. The van der Waals surface area contributed by atoms with E-state index in [2.05, 4.69) is 10.1 Å². The average molecular weight is 192 g/mol. The second-order valence-electron chi connectivity index (χ2n) is 2.83. The molecule has 0 radical (unpaired) electrons. The number of aliphatic carboxylic acids is 1. The van der Waals surface area contributed by atoms with Crippen molar-refractivity contribution in [2.45, 2.75) is 6.04 Å². The summed E-state index contributed by atoms with van der Waals surface area (Å²) in [7, 11) is 0. The van der Waals surface area contributed by atoms with Gasteiger partial charge in [-0.15, -0.1) is 0 Å². The van der Waals surface area contributed by atoms with Crippen molar-refractivity contribution in [3.8, 4) is 0 Å². The van der Waals surface area contributed by atoms with Crippen LogP contribution in [0.5, 0.6) is 0 Å². The fourth-order valence-electron chi connectivity index (χ4n) is 1.27.